The van der Waals surface area contributed by atoms with Crippen LogP contribution < -0.4 is 5.32 Å². The van der Waals surface area contributed by atoms with Crippen LogP contribution in [0, 0.1) is 11.8 Å². The summed E-state index contributed by atoms with van der Waals surface area (Å²) in [7, 11) is 0. The average Bonchev–Trinajstić information content (AvgIpc) is 2.87. The number of rotatable bonds is 7. The number of hydrogen-bond donors (Lipinski definition) is 2. The summed E-state index contributed by atoms with van der Waals surface area (Å²) in [5.41, 5.74) is 0. The van der Waals surface area contributed by atoms with E-state index < -0.39 is 5.97 Å². The number of nitrogens with zero attached hydrogens (tertiary/aromatic N) is 1. The highest BCUT2D eigenvalue weighted by molar-refractivity contribution is 5.75. The van der Waals surface area contributed by atoms with Crippen molar-refractivity contribution in [1.82, 2.24) is 10.2 Å². The van der Waals surface area contributed by atoms with E-state index in [1.165, 1.54) is 0 Å². The lowest BCUT2D eigenvalue weighted by Gasteiger charge is -2.33. The number of carbonyl (C=O) groups is 2. The van der Waals surface area contributed by atoms with E-state index >= 15 is 0 Å². The second-order valence-corrected chi connectivity index (χ2v) is 6.51. The maximum atomic E-state index is 12.5. The van der Waals surface area contributed by atoms with Crippen LogP contribution in [0.4, 0.5) is 4.79 Å². The minimum absolute atomic E-state index is 0.00243. The van der Waals surface area contributed by atoms with Crippen LogP contribution in [0.15, 0.2) is 0 Å². The maximum Gasteiger partial charge on any atom is 0.317 e. The van der Waals surface area contributed by atoms with Gasteiger partial charge >= 0.3 is 12.0 Å². The third-order valence-electron chi connectivity index (χ3n) is 4.32. The Morgan fingerprint density at radius 3 is 2.29 bits per heavy atom. The Balaban J connectivity index is 2.62. The smallest absolute Gasteiger partial charge is 0.317 e. The minimum Gasteiger partial charge on any atom is -0.481 e. The number of aliphatic carboxylic acids is 1. The molecule has 0 aromatic rings. The first-order valence-electron chi connectivity index (χ1n) is 8.18. The maximum absolute atomic E-state index is 12.5. The zero-order valence-electron chi connectivity index (χ0n) is 13.8. The first-order valence-corrected chi connectivity index (χ1v) is 8.18. The Labute approximate surface area is 128 Å². The summed E-state index contributed by atoms with van der Waals surface area (Å²) in [6.45, 7) is 9.17. The summed E-state index contributed by atoms with van der Waals surface area (Å²) in [5.74, 6) is -0.625. The van der Waals surface area contributed by atoms with Crippen molar-refractivity contribution in [2.75, 3.05) is 6.54 Å². The standard InChI is InChI=1S/C16H30N2O3/c1-5-14(6-2)18(10-11(3)4)16(21)17-13-8-7-12(9-13)15(19)20/h11-14H,5-10H2,1-4H3,(H,17,21)(H,19,20). The van der Waals surface area contributed by atoms with Gasteiger partial charge in [-0.25, -0.2) is 4.79 Å². The van der Waals surface area contributed by atoms with E-state index in [0.717, 1.165) is 25.8 Å². The van der Waals surface area contributed by atoms with E-state index in [9.17, 15) is 9.59 Å². The summed E-state index contributed by atoms with van der Waals surface area (Å²) < 4.78 is 0. The predicted molar refractivity (Wildman–Crippen MR) is 83.2 cm³/mol. The molecule has 1 fully saturated rings. The van der Waals surface area contributed by atoms with Crippen molar-refractivity contribution in [1.29, 1.82) is 0 Å². The average molecular weight is 298 g/mol. The Morgan fingerprint density at radius 2 is 1.86 bits per heavy atom. The summed E-state index contributed by atoms with van der Waals surface area (Å²) in [6.07, 6.45) is 3.87. The molecule has 1 aliphatic carbocycles. The van der Waals surface area contributed by atoms with Crippen molar-refractivity contribution in [2.24, 2.45) is 11.8 Å². The monoisotopic (exact) mass is 298 g/mol. The van der Waals surface area contributed by atoms with Crippen LogP contribution in [0.5, 0.6) is 0 Å². The molecule has 0 aromatic heterocycles. The number of nitrogens with one attached hydrogen (secondary N) is 1. The highest BCUT2D eigenvalue weighted by Crippen LogP contribution is 2.26. The Hall–Kier alpha value is -1.26. The second-order valence-electron chi connectivity index (χ2n) is 6.51. The molecule has 5 nitrogen and oxygen atoms in total. The third kappa shape index (κ3) is 5.21. The number of carboxylic acids is 1. The molecule has 1 rings (SSSR count). The van der Waals surface area contributed by atoms with Crippen LogP contribution in [0.3, 0.4) is 0 Å². The molecular weight excluding hydrogens is 268 g/mol. The predicted octanol–water partition coefficient (Wildman–Crippen LogP) is 3.10. The lowest BCUT2D eigenvalue weighted by molar-refractivity contribution is -0.141. The summed E-state index contributed by atoms with van der Waals surface area (Å²) in [4.78, 5) is 25.5. The highest BCUT2D eigenvalue weighted by atomic mass is 16.4. The molecule has 0 bridgehead atoms. The molecule has 2 atom stereocenters. The lowest BCUT2D eigenvalue weighted by Crippen LogP contribution is -2.50. The molecule has 1 saturated carbocycles. The van der Waals surface area contributed by atoms with Crippen molar-refractivity contribution in [3.63, 3.8) is 0 Å². The molecule has 0 heterocycles. The van der Waals surface area contributed by atoms with Crippen molar-refractivity contribution < 1.29 is 14.7 Å². The number of hydrogen-bond acceptors (Lipinski definition) is 2. The zero-order valence-corrected chi connectivity index (χ0v) is 13.8. The van der Waals surface area contributed by atoms with Crippen LogP contribution in [0.2, 0.25) is 0 Å². The van der Waals surface area contributed by atoms with Crippen LogP contribution in [-0.4, -0.2) is 40.6 Å². The van der Waals surface area contributed by atoms with Crippen molar-refractivity contribution in [2.45, 2.75) is 71.9 Å². The summed E-state index contributed by atoms with van der Waals surface area (Å²) in [6, 6.07) is 0.222. The molecule has 2 N–H and O–H groups in total. The molecule has 0 saturated heterocycles. The van der Waals surface area contributed by atoms with Gasteiger partial charge in [0.25, 0.3) is 0 Å². The van der Waals surface area contributed by atoms with Crippen molar-refractivity contribution >= 4 is 12.0 Å². The molecule has 0 spiro atoms. The van der Waals surface area contributed by atoms with Gasteiger partial charge in [-0.2, -0.15) is 0 Å². The fourth-order valence-electron chi connectivity index (χ4n) is 3.12. The Bertz CT molecular complexity index is 353. The molecule has 21 heavy (non-hydrogen) atoms. The van der Waals surface area contributed by atoms with Gasteiger partial charge in [0.05, 0.1) is 5.92 Å². The topological polar surface area (TPSA) is 69.6 Å². The second kappa shape index (κ2) is 8.25. The van der Waals surface area contributed by atoms with Crippen LogP contribution >= 0.6 is 0 Å². The first kappa shape index (κ1) is 17.8. The number of carboxylic acid groups (broad SMARTS) is 1. The minimum atomic E-state index is -0.745. The summed E-state index contributed by atoms with van der Waals surface area (Å²) in [5, 5.41) is 12.1. The van der Waals surface area contributed by atoms with E-state index in [2.05, 4.69) is 33.0 Å². The summed E-state index contributed by atoms with van der Waals surface area (Å²) >= 11 is 0. The Kier molecular flexibility index (Phi) is 6.99. The van der Waals surface area contributed by atoms with Crippen molar-refractivity contribution in [3.05, 3.63) is 0 Å². The molecule has 0 aromatic carbocycles. The van der Waals surface area contributed by atoms with Crippen LogP contribution in [-0.2, 0) is 4.79 Å². The van der Waals surface area contributed by atoms with Gasteiger partial charge in [0, 0.05) is 18.6 Å². The van der Waals surface area contributed by atoms with E-state index in [-0.39, 0.29) is 24.0 Å². The van der Waals surface area contributed by atoms with E-state index in [1.807, 2.05) is 4.90 Å². The van der Waals surface area contributed by atoms with Gasteiger partial charge in [-0.1, -0.05) is 27.7 Å². The number of urea groups is 1. The van der Waals surface area contributed by atoms with Gasteiger partial charge in [0.1, 0.15) is 0 Å². The van der Waals surface area contributed by atoms with Gasteiger partial charge < -0.3 is 15.3 Å². The fourth-order valence-corrected chi connectivity index (χ4v) is 3.12. The highest BCUT2D eigenvalue weighted by Gasteiger charge is 2.32. The van der Waals surface area contributed by atoms with Gasteiger partial charge in [0.2, 0.25) is 0 Å². The van der Waals surface area contributed by atoms with E-state index in [1.54, 1.807) is 0 Å². The van der Waals surface area contributed by atoms with E-state index in [4.69, 9.17) is 5.11 Å². The molecule has 0 radical (unpaired) electrons. The number of carbonyl (C=O) groups excluding carboxylic acids is 1. The molecule has 0 aliphatic heterocycles. The molecule has 5 heteroatoms. The largest absolute Gasteiger partial charge is 0.481 e. The number of amides is 2. The SMILES string of the molecule is CCC(CC)N(CC(C)C)C(=O)NC1CCC(C(=O)O)C1. The van der Waals surface area contributed by atoms with Gasteiger partial charge in [-0.05, 0) is 38.0 Å². The van der Waals surface area contributed by atoms with Gasteiger partial charge in [-0.3, -0.25) is 4.79 Å². The molecule has 2 amide bonds. The van der Waals surface area contributed by atoms with E-state index in [0.29, 0.717) is 18.8 Å². The molecule has 2 unspecified atom stereocenters. The first-order chi connectivity index (χ1) is 9.88. The van der Waals surface area contributed by atoms with Gasteiger partial charge in [0.15, 0.2) is 0 Å². The van der Waals surface area contributed by atoms with Crippen LogP contribution in [0.1, 0.15) is 59.8 Å². The zero-order chi connectivity index (χ0) is 16.0. The normalized spacial score (nSPS) is 21.8. The van der Waals surface area contributed by atoms with Crippen LogP contribution in [0.25, 0.3) is 0 Å². The molecular formula is C16H30N2O3. The quantitative estimate of drug-likeness (QED) is 0.759. The lowest BCUT2D eigenvalue weighted by atomic mass is 10.1. The van der Waals surface area contributed by atoms with Gasteiger partial charge in [-0.15, -0.1) is 0 Å². The third-order valence-corrected chi connectivity index (χ3v) is 4.32. The van der Waals surface area contributed by atoms with Crippen molar-refractivity contribution in [3.8, 4) is 0 Å². The molecule has 122 valence electrons. The Morgan fingerprint density at radius 1 is 1.24 bits per heavy atom. The molecule has 1 aliphatic rings. The fraction of sp³-hybridized carbons (Fsp3) is 0.875.